The Hall–Kier alpha value is 0.400. The van der Waals surface area contributed by atoms with E-state index in [9.17, 15) is 0 Å². The van der Waals surface area contributed by atoms with Crippen molar-refractivity contribution in [2.75, 3.05) is 0 Å². The summed E-state index contributed by atoms with van der Waals surface area (Å²) in [6.45, 7) is 0. The number of rotatable bonds is 0. The number of aliphatic carboxylic acids is 2. The molecule has 0 atom stereocenters. The normalized spacial score (nSPS) is 5.50. The van der Waals surface area contributed by atoms with E-state index in [1.807, 2.05) is 0 Å². The minimum atomic E-state index is -1.82. The highest BCUT2D eigenvalue weighted by Gasteiger charge is 2.04. The molecule has 0 aromatic heterocycles. The van der Waals surface area contributed by atoms with Crippen molar-refractivity contribution in [3.05, 3.63) is 0 Å². The highest BCUT2D eigenvalue weighted by molar-refractivity contribution is 14.0. The van der Waals surface area contributed by atoms with Crippen molar-refractivity contribution in [2.45, 2.75) is 0 Å². The molecule has 0 aliphatic heterocycles. The van der Waals surface area contributed by atoms with E-state index >= 15 is 0 Å². The van der Waals surface area contributed by atoms with Gasteiger partial charge in [0.15, 0.2) is 0 Å². The van der Waals surface area contributed by atoms with E-state index in [2.05, 4.69) is 0 Å². The van der Waals surface area contributed by atoms with Crippen LogP contribution in [0.2, 0.25) is 0 Å². The average molecular weight is 346 g/mol. The molecule has 0 fully saturated rings. The number of hydrogen-bond acceptors (Lipinski definition) is 2. The van der Waals surface area contributed by atoms with Crippen LogP contribution >= 0.6 is 48.0 Å². The zero-order chi connectivity index (χ0) is 5.15. The molecule has 0 saturated heterocycles. The molecule has 0 aliphatic rings. The summed E-state index contributed by atoms with van der Waals surface area (Å²) in [6.07, 6.45) is 0. The topological polar surface area (TPSA) is 74.6 Å². The minimum Gasteiger partial charge on any atom is -0.473 e. The maximum absolute atomic E-state index is 9.10. The predicted molar refractivity (Wildman–Crippen MR) is 46.1 cm³/mol. The fourth-order valence-electron chi connectivity index (χ4n) is 0. The Morgan fingerprint density at radius 1 is 0.875 bits per heavy atom. The van der Waals surface area contributed by atoms with Crippen LogP contribution in [0.5, 0.6) is 0 Å². The molecule has 50 valence electrons. The van der Waals surface area contributed by atoms with Gasteiger partial charge in [-0.15, -0.1) is 48.0 Å². The van der Waals surface area contributed by atoms with E-state index in [1.165, 1.54) is 0 Å². The Bertz CT molecular complexity index is 78.0. The molecule has 0 heterocycles. The van der Waals surface area contributed by atoms with Gasteiger partial charge in [0.1, 0.15) is 0 Å². The molecular weight excluding hydrogens is 342 g/mol. The molecule has 0 amide bonds. The first kappa shape index (κ1) is 15.8. The van der Waals surface area contributed by atoms with Crippen LogP contribution in [-0.2, 0) is 9.59 Å². The van der Waals surface area contributed by atoms with Gasteiger partial charge in [-0.05, 0) is 0 Å². The SMILES string of the molecule is I.I.O=C(O)C(=O)O. The van der Waals surface area contributed by atoms with E-state index in [4.69, 9.17) is 19.8 Å². The number of carbonyl (C=O) groups is 2. The Morgan fingerprint density at radius 2 is 1.00 bits per heavy atom. The van der Waals surface area contributed by atoms with E-state index in [-0.39, 0.29) is 48.0 Å². The monoisotopic (exact) mass is 346 g/mol. The van der Waals surface area contributed by atoms with Crippen LogP contribution < -0.4 is 0 Å². The number of carboxylic acid groups (broad SMARTS) is 2. The lowest BCUT2D eigenvalue weighted by atomic mass is 10.7. The summed E-state index contributed by atoms with van der Waals surface area (Å²) in [6, 6.07) is 0. The third-order valence-electron chi connectivity index (χ3n) is 0.183. The van der Waals surface area contributed by atoms with Crippen LogP contribution in [0.15, 0.2) is 0 Å². The van der Waals surface area contributed by atoms with Crippen molar-refractivity contribution in [1.82, 2.24) is 0 Å². The summed E-state index contributed by atoms with van der Waals surface area (Å²) in [5.41, 5.74) is 0. The van der Waals surface area contributed by atoms with Crippen molar-refractivity contribution < 1.29 is 19.8 Å². The van der Waals surface area contributed by atoms with Gasteiger partial charge < -0.3 is 10.2 Å². The fourth-order valence-corrected chi connectivity index (χ4v) is 0. The smallest absolute Gasteiger partial charge is 0.414 e. The molecule has 0 spiro atoms. The third-order valence-corrected chi connectivity index (χ3v) is 0.183. The summed E-state index contributed by atoms with van der Waals surface area (Å²) >= 11 is 0. The molecule has 0 aromatic carbocycles. The molecule has 8 heavy (non-hydrogen) atoms. The zero-order valence-corrected chi connectivity index (χ0v) is 8.19. The first-order valence-corrected chi connectivity index (χ1v) is 1.11. The second-order valence-electron chi connectivity index (χ2n) is 0.610. The molecule has 0 aliphatic carbocycles. The predicted octanol–water partition coefficient (Wildman–Crippen LogP) is 0.392. The van der Waals surface area contributed by atoms with Gasteiger partial charge >= 0.3 is 11.9 Å². The first-order chi connectivity index (χ1) is 2.64. The van der Waals surface area contributed by atoms with Crippen LogP contribution in [0.25, 0.3) is 0 Å². The van der Waals surface area contributed by atoms with Gasteiger partial charge in [0.2, 0.25) is 0 Å². The average Bonchev–Trinajstić information content (AvgIpc) is 1.36. The van der Waals surface area contributed by atoms with E-state index < -0.39 is 11.9 Å². The molecule has 0 radical (unpaired) electrons. The number of halogens is 2. The second-order valence-corrected chi connectivity index (χ2v) is 0.610. The van der Waals surface area contributed by atoms with Crippen molar-refractivity contribution in [3.63, 3.8) is 0 Å². The van der Waals surface area contributed by atoms with Gasteiger partial charge in [0.25, 0.3) is 0 Å². The summed E-state index contributed by atoms with van der Waals surface area (Å²) in [4.78, 5) is 18.2. The number of hydrogen-bond donors (Lipinski definition) is 2. The maximum Gasteiger partial charge on any atom is 0.414 e. The van der Waals surface area contributed by atoms with Crippen LogP contribution in [-0.4, -0.2) is 22.2 Å². The standard InChI is InChI=1S/C2H2O4.2HI/c3-1(4)2(5)6;;/h(H,3,4)(H,5,6);2*1H. The molecule has 4 nitrogen and oxygen atoms in total. The number of carboxylic acids is 2. The molecule has 2 N–H and O–H groups in total. The Morgan fingerprint density at radius 3 is 1.00 bits per heavy atom. The Balaban J connectivity index is -0.000000125. The third kappa shape index (κ3) is 9.64. The lowest BCUT2D eigenvalue weighted by Gasteiger charge is -1.72. The van der Waals surface area contributed by atoms with Gasteiger partial charge in [0.05, 0.1) is 0 Å². The molecule has 0 saturated carbocycles. The molecule has 0 bridgehead atoms. The Kier molecular flexibility index (Phi) is 14.6. The van der Waals surface area contributed by atoms with Gasteiger partial charge in [-0.25, -0.2) is 9.59 Å². The highest BCUT2D eigenvalue weighted by atomic mass is 127. The van der Waals surface area contributed by atoms with Crippen molar-refractivity contribution in [3.8, 4) is 0 Å². The van der Waals surface area contributed by atoms with Gasteiger partial charge in [-0.3, -0.25) is 0 Å². The second kappa shape index (κ2) is 7.40. The fraction of sp³-hybridized carbons (Fsp3) is 0. The highest BCUT2D eigenvalue weighted by Crippen LogP contribution is 1.56. The summed E-state index contributed by atoms with van der Waals surface area (Å²) in [7, 11) is 0. The largest absolute Gasteiger partial charge is 0.473 e. The van der Waals surface area contributed by atoms with E-state index in [0.717, 1.165) is 0 Å². The summed E-state index contributed by atoms with van der Waals surface area (Å²) < 4.78 is 0. The molecule has 6 heteroatoms. The molecule has 0 unspecified atom stereocenters. The summed E-state index contributed by atoms with van der Waals surface area (Å²) in [5.74, 6) is -3.65. The quantitative estimate of drug-likeness (QED) is 0.492. The first-order valence-electron chi connectivity index (χ1n) is 1.11. The summed E-state index contributed by atoms with van der Waals surface area (Å²) in [5, 5.41) is 14.8. The molecule has 0 rings (SSSR count). The van der Waals surface area contributed by atoms with Crippen molar-refractivity contribution in [2.24, 2.45) is 0 Å². The van der Waals surface area contributed by atoms with Gasteiger partial charge in [0, 0.05) is 0 Å². The van der Waals surface area contributed by atoms with Gasteiger partial charge in [-0.2, -0.15) is 0 Å². The van der Waals surface area contributed by atoms with Crippen LogP contribution in [0.4, 0.5) is 0 Å². The Labute approximate surface area is 79.3 Å². The van der Waals surface area contributed by atoms with E-state index in [0.29, 0.717) is 0 Å². The lowest BCUT2D eigenvalue weighted by Crippen LogP contribution is -2.09. The molecular formula is C2H4I2O4. The zero-order valence-electron chi connectivity index (χ0n) is 3.53. The minimum absolute atomic E-state index is 0. The lowest BCUT2D eigenvalue weighted by molar-refractivity contribution is -0.159. The van der Waals surface area contributed by atoms with Crippen LogP contribution in [0.1, 0.15) is 0 Å². The van der Waals surface area contributed by atoms with Crippen molar-refractivity contribution >= 4 is 59.9 Å². The molecule has 0 aromatic rings. The van der Waals surface area contributed by atoms with E-state index in [1.54, 1.807) is 0 Å². The van der Waals surface area contributed by atoms with Crippen LogP contribution in [0, 0.1) is 0 Å². The van der Waals surface area contributed by atoms with Gasteiger partial charge in [-0.1, -0.05) is 0 Å². The van der Waals surface area contributed by atoms with Crippen molar-refractivity contribution in [1.29, 1.82) is 0 Å². The maximum atomic E-state index is 9.10. The van der Waals surface area contributed by atoms with Crippen LogP contribution in [0.3, 0.4) is 0 Å².